The molecule has 2 rings (SSSR count). The highest BCUT2D eigenvalue weighted by Gasteiger charge is 2.19. The van der Waals surface area contributed by atoms with Crippen LogP contribution in [-0.2, 0) is 0 Å². The van der Waals surface area contributed by atoms with Gasteiger partial charge in [0.2, 0.25) is 0 Å². The molecule has 4 nitrogen and oxygen atoms in total. The highest BCUT2D eigenvalue weighted by atomic mass is 19.1. The molecule has 0 radical (unpaired) electrons. The Morgan fingerprint density at radius 1 is 1.21 bits per heavy atom. The number of nitrogens with one attached hydrogen (secondary N) is 1. The number of rotatable bonds is 5. The number of nitrogens with zero attached hydrogens (tertiary/aromatic N) is 2. The highest BCUT2D eigenvalue weighted by Crippen LogP contribution is 2.20. The Morgan fingerprint density at radius 3 is 2.50 bits per heavy atom. The fourth-order valence-electron chi connectivity index (χ4n) is 2.42. The molecule has 2 atom stereocenters. The Morgan fingerprint density at radius 2 is 1.88 bits per heavy atom. The van der Waals surface area contributed by atoms with Gasteiger partial charge in [0, 0.05) is 38.0 Å². The van der Waals surface area contributed by atoms with Crippen molar-refractivity contribution in [3.05, 3.63) is 65.5 Å². The summed E-state index contributed by atoms with van der Waals surface area (Å²) < 4.78 is 26.7. The summed E-state index contributed by atoms with van der Waals surface area (Å²) in [5, 5.41) is 2.78. The molecule has 1 N–H and O–H groups in total. The molecule has 0 unspecified atom stereocenters. The van der Waals surface area contributed by atoms with Crippen molar-refractivity contribution in [2.75, 3.05) is 13.6 Å². The molecule has 24 heavy (non-hydrogen) atoms. The second kappa shape index (κ2) is 7.86. The molecule has 0 fully saturated rings. The van der Waals surface area contributed by atoms with Crippen LogP contribution < -0.4 is 5.32 Å². The average molecular weight is 333 g/mol. The molecule has 128 valence electrons. The van der Waals surface area contributed by atoms with E-state index in [4.69, 9.17) is 0 Å². The van der Waals surface area contributed by atoms with E-state index >= 15 is 0 Å². The van der Waals surface area contributed by atoms with Crippen LogP contribution in [0.3, 0.4) is 0 Å². The van der Waals surface area contributed by atoms with E-state index in [0.717, 1.165) is 11.6 Å². The van der Waals surface area contributed by atoms with Crippen LogP contribution in [-0.4, -0.2) is 29.5 Å². The van der Waals surface area contributed by atoms with Crippen LogP contribution in [0.2, 0.25) is 0 Å². The lowest BCUT2D eigenvalue weighted by molar-refractivity contribution is 0.194. The first-order valence-electron chi connectivity index (χ1n) is 7.75. The van der Waals surface area contributed by atoms with Crippen LogP contribution in [0, 0.1) is 11.6 Å². The lowest BCUT2D eigenvalue weighted by Crippen LogP contribution is -2.40. The van der Waals surface area contributed by atoms with Crippen LogP contribution in [0.5, 0.6) is 0 Å². The van der Waals surface area contributed by atoms with Gasteiger partial charge in [-0.1, -0.05) is 13.0 Å². The number of halogens is 2. The number of hydrogen-bond donors (Lipinski definition) is 1. The summed E-state index contributed by atoms with van der Waals surface area (Å²) in [6, 6.07) is 6.81. The topological polar surface area (TPSA) is 45.2 Å². The molecule has 1 aromatic carbocycles. The van der Waals surface area contributed by atoms with Gasteiger partial charge < -0.3 is 10.2 Å². The number of benzene rings is 1. The molecular weight excluding hydrogens is 312 g/mol. The van der Waals surface area contributed by atoms with Gasteiger partial charge >= 0.3 is 6.03 Å². The molecule has 0 aliphatic rings. The first-order chi connectivity index (χ1) is 11.4. The molecule has 1 aromatic heterocycles. The maximum atomic E-state index is 13.8. The quantitative estimate of drug-likeness (QED) is 0.903. The van der Waals surface area contributed by atoms with E-state index in [2.05, 4.69) is 10.3 Å². The van der Waals surface area contributed by atoms with Crippen molar-refractivity contribution < 1.29 is 13.6 Å². The minimum atomic E-state index is -0.613. The average Bonchev–Trinajstić information content (AvgIpc) is 2.58. The zero-order valence-corrected chi connectivity index (χ0v) is 14.0. The zero-order valence-electron chi connectivity index (χ0n) is 14.0. The third kappa shape index (κ3) is 4.28. The van der Waals surface area contributed by atoms with Crippen LogP contribution in [0.1, 0.15) is 36.9 Å². The number of hydrogen-bond acceptors (Lipinski definition) is 2. The minimum Gasteiger partial charge on any atom is -0.337 e. The maximum Gasteiger partial charge on any atom is 0.317 e. The highest BCUT2D eigenvalue weighted by molar-refractivity contribution is 5.74. The third-order valence-corrected chi connectivity index (χ3v) is 4.14. The van der Waals surface area contributed by atoms with E-state index in [1.807, 2.05) is 19.1 Å². The zero-order chi connectivity index (χ0) is 17.7. The molecule has 2 amide bonds. The summed E-state index contributed by atoms with van der Waals surface area (Å²) in [7, 11) is 1.70. The number of aromatic nitrogens is 1. The molecule has 2 aromatic rings. The SMILES string of the molecule is C[C@@H](CNC(=O)N(C)[C@@H](C)c1ccncc1)c1ccc(F)cc1F. The Labute approximate surface area is 140 Å². The van der Waals surface area contributed by atoms with Gasteiger partial charge in [-0.25, -0.2) is 13.6 Å². The summed E-state index contributed by atoms with van der Waals surface area (Å²) in [5.41, 5.74) is 1.35. The predicted octanol–water partition coefficient (Wildman–Crippen LogP) is 3.87. The minimum absolute atomic E-state index is 0.120. The monoisotopic (exact) mass is 333 g/mol. The largest absolute Gasteiger partial charge is 0.337 e. The second-order valence-electron chi connectivity index (χ2n) is 5.82. The van der Waals surface area contributed by atoms with E-state index < -0.39 is 11.6 Å². The van der Waals surface area contributed by atoms with E-state index in [-0.39, 0.29) is 24.5 Å². The van der Waals surface area contributed by atoms with Crippen molar-refractivity contribution in [3.63, 3.8) is 0 Å². The molecule has 0 saturated carbocycles. The van der Waals surface area contributed by atoms with Crippen molar-refractivity contribution in [1.82, 2.24) is 15.2 Å². The Hall–Kier alpha value is -2.50. The number of pyridine rings is 1. The number of urea groups is 1. The number of amides is 2. The Kier molecular flexibility index (Phi) is 5.84. The van der Waals surface area contributed by atoms with Gasteiger partial charge in [-0.2, -0.15) is 0 Å². The van der Waals surface area contributed by atoms with Crippen molar-refractivity contribution in [2.45, 2.75) is 25.8 Å². The first kappa shape index (κ1) is 17.8. The molecule has 0 aliphatic carbocycles. The number of carbonyl (C=O) groups excluding carboxylic acids is 1. The van der Waals surface area contributed by atoms with Gasteiger partial charge in [0.25, 0.3) is 0 Å². The van der Waals surface area contributed by atoms with Crippen molar-refractivity contribution in [1.29, 1.82) is 0 Å². The van der Waals surface area contributed by atoms with Crippen LogP contribution in [0.4, 0.5) is 13.6 Å². The standard InChI is InChI=1S/C18H21F2N3O/c1-12(16-5-4-15(19)10-17(16)20)11-22-18(24)23(3)13(2)14-6-8-21-9-7-14/h4-10,12-13H,11H2,1-3H3,(H,22,24)/t12-,13-/m0/s1. The maximum absolute atomic E-state index is 13.8. The first-order valence-corrected chi connectivity index (χ1v) is 7.75. The van der Waals surface area contributed by atoms with Gasteiger partial charge in [-0.3, -0.25) is 4.98 Å². The Bertz CT molecular complexity index is 694. The summed E-state index contributed by atoms with van der Waals surface area (Å²) in [4.78, 5) is 17.8. The fraction of sp³-hybridized carbons (Fsp3) is 0.333. The van der Waals surface area contributed by atoms with Crippen LogP contribution in [0.25, 0.3) is 0 Å². The van der Waals surface area contributed by atoms with Crippen molar-refractivity contribution in [3.8, 4) is 0 Å². The predicted molar refractivity (Wildman–Crippen MR) is 88.6 cm³/mol. The van der Waals surface area contributed by atoms with Gasteiger partial charge in [-0.05, 0) is 36.2 Å². The fourth-order valence-corrected chi connectivity index (χ4v) is 2.42. The normalized spacial score (nSPS) is 13.2. The van der Waals surface area contributed by atoms with Crippen LogP contribution >= 0.6 is 0 Å². The van der Waals surface area contributed by atoms with E-state index in [9.17, 15) is 13.6 Å². The van der Waals surface area contributed by atoms with Gasteiger partial charge in [0.1, 0.15) is 11.6 Å². The lowest BCUT2D eigenvalue weighted by atomic mass is 10.0. The van der Waals surface area contributed by atoms with E-state index in [0.29, 0.717) is 5.56 Å². The van der Waals surface area contributed by atoms with Gasteiger partial charge in [-0.15, -0.1) is 0 Å². The van der Waals surface area contributed by atoms with Crippen molar-refractivity contribution >= 4 is 6.03 Å². The molecule has 0 aliphatic heterocycles. The van der Waals surface area contributed by atoms with Gasteiger partial charge in [0.05, 0.1) is 6.04 Å². The smallest absolute Gasteiger partial charge is 0.317 e. The summed E-state index contributed by atoms with van der Waals surface area (Å²) in [6.07, 6.45) is 3.36. The van der Waals surface area contributed by atoms with Crippen LogP contribution in [0.15, 0.2) is 42.7 Å². The molecule has 1 heterocycles. The molecule has 0 bridgehead atoms. The molecular formula is C18H21F2N3O. The summed E-state index contributed by atoms with van der Waals surface area (Å²) >= 11 is 0. The van der Waals surface area contributed by atoms with E-state index in [1.54, 1.807) is 31.3 Å². The second-order valence-corrected chi connectivity index (χ2v) is 5.82. The Balaban J connectivity index is 1.94. The summed E-state index contributed by atoms with van der Waals surface area (Å²) in [6.45, 7) is 3.95. The lowest BCUT2D eigenvalue weighted by Gasteiger charge is -2.26. The van der Waals surface area contributed by atoms with Crippen molar-refractivity contribution in [2.24, 2.45) is 0 Å². The molecule has 6 heteroatoms. The third-order valence-electron chi connectivity index (χ3n) is 4.14. The van der Waals surface area contributed by atoms with E-state index in [1.165, 1.54) is 12.1 Å². The number of carbonyl (C=O) groups is 1. The molecule has 0 saturated heterocycles. The summed E-state index contributed by atoms with van der Waals surface area (Å²) in [5.74, 6) is -1.48. The molecule has 0 spiro atoms. The van der Waals surface area contributed by atoms with Gasteiger partial charge in [0.15, 0.2) is 0 Å².